The first-order valence-electron chi connectivity index (χ1n) is 9.88. The van der Waals surface area contributed by atoms with E-state index in [0.29, 0.717) is 37.7 Å². The molecule has 0 aromatic heterocycles. The third-order valence-electron chi connectivity index (χ3n) is 4.49. The Morgan fingerprint density at radius 1 is 1.15 bits per heavy atom. The summed E-state index contributed by atoms with van der Waals surface area (Å²) in [6.07, 6.45) is 2.67. The van der Waals surface area contributed by atoms with Gasteiger partial charge in [0.05, 0.1) is 19.3 Å². The van der Waals surface area contributed by atoms with Crippen molar-refractivity contribution in [2.45, 2.75) is 59.5 Å². The van der Waals surface area contributed by atoms with Crippen LogP contribution in [0.2, 0.25) is 0 Å². The average Bonchev–Trinajstić information content (AvgIpc) is 2.65. The van der Waals surface area contributed by atoms with E-state index >= 15 is 0 Å². The summed E-state index contributed by atoms with van der Waals surface area (Å²) in [5, 5.41) is 13.8. The van der Waals surface area contributed by atoms with Crippen LogP contribution in [0.4, 0.5) is 0 Å². The summed E-state index contributed by atoms with van der Waals surface area (Å²) in [5.74, 6) is 1.93. The van der Waals surface area contributed by atoms with Gasteiger partial charge in [0.25, 0.3) is 0 Å². The molecule has 148 valence electrons. The molecule has 0 spiro atoms. The molecule has 0 saturated heterocycles. The SMILES string of the molecule is CCOc1ccc(OCC)c(C(O)CNCCCC(CC)C(=O)CC)c1. The fraction of sp³-hybridized carbons (Fsp3) is 0.667. The Labute approximate surface area is 158 Å². The number of carbonyl (C=O) groups is 1. The Balaban J connectivity index is 2.52. The van der Waals surface area contributed by atoms with Gasteiger partial charge in [0.15, 0.2) is 0 Å². The molecule has 0 heterocycles. The van der Waals surface area contributed by atoms with Gasteiger partial charge in [0.1, 0.15) is 17.3 Å². The normalized spacial score (nSPS) is 13.3. The zero-order valence-electron chi connectivity index (χ0n) is 16.7. The zero-order valence-corrected chi connectivity index (χ0v) is 16.7. The Morgan fingerprint density at radius 3 is 2.50 bits per heavy atom. The lowest BCUT2D eigenvalue weighted by Crippen LogP contribution is -2.24. The number of ether oxygens (including phenoxy) is 2. The monoisotopic (exact) mass is 365 g/mol. The van der Waals surface area contributed by atoms with E-state index in [1.54, 1.807) is 0 Å². The van der Waals surface area contributed by atoms with Crippen LogP contribution in [-0.4, -0.2) is 37.2 Å². The zero-order chi connectivity index (χ0) is 19.4. The molecule has 0 bridgehead atoms. The molecule has 0 fully saturated rings. The number of nitrogens with one attached hydrogen (secondary N) is 1. The van der Waals surface area contributed by atoms with Crippen LogP contribution in [-0.2, 0) is 4.79 Å². The van der Waals surface area contributed by atoms with E-state index in [9.17, 15) is 9.90 Å². The molecule has 2 atom stereocenters. The summed E-state index contributed by atoms with van der Waals surface area (Å²) in [6.45, 7) is 10.2. The molecule has 5 nitrogen and oxygen atoms in total. The van der Waals surface area contributed by atoms with Gasteiger partial charge in [-0.1, -0.05) is 13.8 Å². The van der Waals surface area contributed by atoms with E-state index in [0.717, 1.165) is 37.1 Å². The Bertz CT molecular complexity index is 533. The molecule has 0 aliphatic heterocycles. The van der Waals surface area contributed by atoms with Gasteiger partial charge >= 0.3 is 0 Å². The number of Topliss-reactive ketones (excluding diaryl/α,β-unsaturated/α-hetero) is 1. The minimum absolute atomic E-state index is 0.166. The predicted molar refractivity (Wildman–Crippen MR) is 105 cm³/mol. The van der Waals surface area contributed by atoms with E-state index in [2.05, 4.69) is 12.2 Å². The van der Waals surface area contributed by atoms with Crippen LogP contribution in [0.1, 0.15) is 65.0 Å². The number of hydrogen-bond donors (Lipinski definition) is 2. The van der Waals surface area contributed by atoms with Crippen LogP contribution >= 0.6 is 0 Å². The molecule has 0 radical (unpaired) electrons. The van der Waals surface area contributed by atoms with E-state index in [-0.39, 0.29) is 5.92 Å². The van der Waals surface area contributed by atoms with Gasteiger partial charge in [0.2, 0.25) is 0 Å². The van der Waals surface area contributed by atoms with Gasteiger partial charge in [-0.3, -0.25) is 4.79 Å². The molecule has 26 heavy (non-hydrogen) atoms. The lowest BCUT2D eigenvalue weighted by Gasteiger charge is -2.18. The largest absolute Gasteiger partial charge is 0.494 e. The fourth-order valence-electron chi connectivity index (χ4n) is 3.03. The highest BCUT2D eigenvalue weighted by Gasteiger charge is 2.16. The number of rotatable bonds is 14. The number of benzene rings is 1. The van der Waals surface area contributed by atoms with Gasteiger partial charge in [-0.25, -0.2) is 0 Å². The third kappa shape index (κ3) is 7.34. The molecule has 1 aromatic carbocycles. The van der Waals surface area contributed by atoms with Gasteiger partial charge in [-0.05, 0) is 57.9 Å². The number of hydrogen-bond acceptors (Lipinski definition) is 5. The van der Waals surface area contributed by atoms with Crippen LogP contribution in [0.25, 0.3) is 0 Å². The quantitative estimate of drug-likeness (QED) is 0.490. The maximum atomic E-state index is 11.8. The summed E-state index contributed by atoms with van der Waals surface area (Å²) in [5.41, 5.74) is 0.734. The Hall–Kier alpha value is -1.59. The highest BCUT2D eigenvalue weighted by atomic mass is 16.5. The molecule has 0 amide bonds. The van der Waals surface area contributed by atoms with Crippen molar-refractivity contribution in [1.82, 2.24) is 5.32 Å². The second-order valence-electron chi connectivity index (χ2n) is 6.35. The number of aliphatic hydroxyl groups is 1. The average molecular weight is 366 g/mol. The first-order valence-corrected chi connectivity index (χ1v) is 9.88. The van der Waals surface area contributed by atoms with Crippen LogP contribution in [0.15, 0.2) is 18.2 Å². The van der Waals surface area contributed by atoms with Crippen molar-refractivity contribution in [2.24, 2.45) is 5.92 Å². The maximum Gasteiger partial charge on any atom is 0.135 e. The van der Waals surface area contributed by atoms with Gasteiger partial charge in [-0.2, -0.15) is 0 Å². The van der Waals surface area contributed by atoms with E-state index < -0.39 is 6.10 Å². The van der Waals surface area contributed by atoms with Crippen molar-refractivity contribution >= 4 is 5.78 Å². The van der Waals surface area contributed by atoms with Crippen molar-refractivity contribution in [2.75, 3.05) is 26.3 Å². The second-order valence-corrected chi connectivity index (χ2v) is 6.35. The molecule has 2 unspecified atom stereocenters. The molecule has 2 N–H and O–H groups in total. The number of ketones is 1. The molecular formula is C21H35NO4. The molecule has 0 aliphatic carbocycles. The minimum atomic E-state index is -0.670. The summed E-state index contributed by atoms with van der Waals surface area (Å²) >= 11 is 0. The van der Waals surface area contributed by atoms with Crippen molar-refractivity contribution in [3.05, 3.63) is 23.8 Å². The summed E-state index contributed by atoms with van der Waals surface area (Å²) in [7, 11) is 0. The third-order valence-corrected chi connectivity index (χ3v) is 4.49. The van der Waals surface area contributed by atoms with Crippen molar-refractivity contribution in [3.8, 4) is 11.5 Å². The summed E-state index contributed by atoms with van der Waals surface area (Å²) < 4.78 is 11.1. The van der Waals surface area contributed by atoms with Crippen molar-refractivity contribution in [3.63, 3.8) is 0 Å². The smallest absolute Gasteiger partial charge is 0.135 e. The van der Waals surface area contributed by atoms with Crippen LogP contribution in [0.5, 0.6) is 11.5 Å². The molecule has 1 rings (SSSR count). The Morgan fingerprint density at radius 2 is 1.88 bits per heavy atom. The summed E-state index contributed by atoms with van der Waals surface area (Å²) in [4.78, 5) is 11.8. The second kappa shape index (κ2) is 12.7. The van der Waals surface area contributed by atoms with Crippen molar-refractivity contribution in [1.29, 1.82) is 0 Å². The first-order chi connectivity index (χ1) is 12.6. The maximum absolute atomic E-state index is 11.8. The first kappa shape index (κ1) is 22.5. The van der Waals surface area contributed by atoms with Crippen molar-refractivity contribution < 1.29 is 19.4 Å². The van der Waals surface area contributed by atoms with Crippen LogP contribution in [0, 0.1) is 5.92 Å². The number of carbonyl (C=O) groups excluding carboxylic acids is 1. The molecule has 0 aliphatic rings. The van der Waals surface area contributed by atoms with Gasteiger partial charge in [0, 0.05) is 24.4 Å². The lowest BCUT2D eigenvalue weighted by molar-refractivity contribution is -0.122. The topological polar surface area (TPSA) is 67.8 Å². The molecule has 5 heteroatoms. The molecule has 0 saturated carbocycles. The van der Waals surface area contributed by atoms with Gasteiger partial charge < -0.3 is 19.9 Å². The van der Waals surface area contributed by atoms with Gasteiger partial charge in [-0.15, -0.1) is 0 Å². The molecule has 1 aromatic rings. The molecular weight excluding hydrogens is 330 g/mol. The van der Waals surface area contributed by atoms with E-state index in [1.807, 2.05) is 39.0 Å². The minimum Gasteiger partial charge on any atom is -0.494 e. The lowest BCUT2D eigenvalue weighted by atomic mass is 9.94. The van der Waals surface area contributed by atoms with E-state index in [1.165, 1.54) is 0 Å². The predicted octanol–water partition coefficient (Wildman–Crippen LogP) is 3.89. The number of aliphatic hydroxyl groups excluding tert-OH is 1. The Kier molecular flexibility index (Phi) is 11.0. The van der Waals surface area contributed by atoms with E-state index in [4.69, 9.17) is 9.47 Å². The van der Waals surface area contributed by atoms with Crippen LogP contribution < -0.4 is 14.8 Å². The summed E-state index contributed by atoms with van der Waals surface area (Å²) in [6, 6.07) is 5.54. The highest BCUT2D eigenvalue weighted by molar-refractivity contribution is 5.80. The fourth-order valence-corrected chi connectivity index (χ4v) is 3.03. The highest BCUT2D eigenvalue weighted by Crippen LogP contribution is 2.29. The standard InChI is InChI=1S/C21H35NO4/c1-5-16(19(23)6-2)10-9-13-22-15-20(24)18-14-17(25-7-3)11-12-21(18)26-8-4/h11-12,14,16,20,22,24H,5-10,13,15H2,1-4H3. The van der Waals surface area contributed by atoms with Crippen LogP contribution in [0.3, 0.4) is 0 Å².